The van der Waals surface area contributed by atoms with E-state index in [-0.39, 0.29) is 18.1 Å². The van der Waals surface area contributed by atoms with Gasteiger partial charge in [-0.2, -0.15) is 0 Å². The van der Waals surface area contributed by atoms with Crippen molar-refractivity contribution in [2.75, 3.05) is 13.2 Å². The Morgan fingerprint density at radius 2 is 1.73 bits per heavy atom. The van der Waals surface area contributed by atoms with Gasteiger partial charge in [0.2, 0.25) is 0 Å². The SMILES string of the molecule is C[C@H](CCc1ccccc1)NC(=O)N[C@H](C)c1ccc2c(c1)OCCO2. The van der Waals surface area contributed by atoms with Crippen molar-refractivity contribution in [2.45, 2.75) is 38.8 Å². The first kappa shape index (κ1) is 18.1. The van der Waals surface area contributed by atoms with Gasteiger partial charge in [-0.1, -0.05) is 36.4 Å². The molecule has 2 N–H and O–H groups in total. The Bertz CT molecular complexity index is 733. The molecule has 3 rings (SSSR count). The quantitative estimate of drug-likeness (QED) is 0.829. The van der Waals surface area contributed by atoms with Crippen LogP contribution in [0.4, 0.5) is 4.79 Å². The minimum atomic E-state index is -0.159. The van der Waals surface area contributed by atoms with Crippen molar-refractivity contribution in [1.82, 2.24) is 10.6 Å². The van der Waals surface area contributed by atoms with E-state index in [1.807, 2.05) is 50.2 Å². The minimum absolute atomic E-state index is 0.0997. The molecule has 0 aliphatic carbocycles. The second kappa shape index (κ2) is 8.61. The summed E-state index contributed by atoms with van der Waals surface area (Å²) in [6.45, 7) is 5.11. The van der Waals surface area contributed by atoms with Gasteiger partial charge in [0, 0.05) is 6.04 Å². The average Bonchev–Trinajstić information content (AvgIpc) is 2.66. The highest BCUT2D eigenvalue weighted by atomic mass is 16.6. The number of ether oxygens (including phenoxy) is 2. The molecule has 0 aromatic heterocycles. The molecule has 2 atom stereocenters. The molecule has 2 amide bonds. The zero-order valence-corrected chi connectivity index (χ0v) is 15.3. The number of amides is 2. The number of nitrogens with one attached hydrogen (secondary N) is 2. The molecular formula is C21H26N2O3. The van der Waals surface area contributed by atoms with Crippen LogP contribution in [0.5, 0.6) is 11.5 Å². The lowest BCUT2D eigenvalue weighted by molar-refractivity contribution is 0.171. The van der Waals surface area contributed by atoms with Crippen LogP contribution in [0.2, 0.25) is 0 Å². The van der Waals surface area contributed by atoms with Crippen LogP contribution in [-0.2, 0) is 6.42 Å². The molecule has 0 bridgehead atoms. The highest BCUT2D eigenvalue weighted by molar-refractivity contribution is 5.74. The van der Waals surface area contributed by atoms with Crippen LogP contribution in [0.3, 0.4) is 0 Å². The van der Waals surface area contributed by atoms with E-state index in [1.54, 1.807) is 0 Å². The number of urea groups is 1. The van der Waals surface area contributed by atoms with Gasteiger partial charge in [0.15, 0.2) is 11.5 Å². The molecular weight excluding hydrogens is 328 g/mol. The summed E-state index contributed by atoms with van der Waals surface area (Å²) in [6.07, 6.45) is 1.84. The number of carbonyl (C=O) groups is 1. The summed E-state index contributed by atoms with van der Waals surface area (Å²) in [4.78, 5) is 12.3. The van der Waals surface area contributed by atoms with Crippen LogP contribution >= 0.6 is 0 Å². The standard InChI is InChI=1S/C21H26N2O3/c1-15(8-9-17-6-4-3-5-7-17)22-21(24)23-16(2)18-10-11-19-20(14-18)26-13-12-25-19/h3-7,10-11,14-16H,8-9,12-13H2,1-2H3,(H2,22,23,24)/t15-,16-/m1/s1. The van der Waals surface area contributed by atoms with E-state index in [0.717, 1.165) is 29.9 Å². The third-order valence-corrected chi connectivity index (χ3v) is 4.50. The lowest BCUT2D eigenvalue weighted by Gasteiger charge is -2.22. The van der Waals surface area contributed by atoms with Crippen LogP contribution in [0.1, 0.15) is 37.4 Å². The largest absolute Gasteiger partial charge is 0.486 e. The molecule has 0 fully saturated rings. The minimum Gasteiger partial charge on any atom is -0.486 e. The maximum atomic E-state index is 12.3. The molecule has 1 aliphatic rings. The highest BCUT2D eigenvalue weighted by Gasteiger charge is 2.16. The molecule has 1 aliphatic heterocycles. The fourth-order valence-electron chi connectivity index (χ4n) is 2.97. The molecule has 0 radical (unpaired) electrons. The van der Waals surface area contributed by atoms with Crippen molar-refractivity contribution in [3.63, 3.8) is 0 Å². The second-order valence-electron chi connectivity index (χ2n) is 6.67. The Morgan fingerprint density at radius 1 is 1.00 bits per heavy atom. The summed E-state index contributed by atoms with van der Waals surface area (Å²) in [7, 11) is 0. The number of benzene rings is 2. The van der Waals surface area contributed by atoms with Crippen molar-refractivity contribution in [1.29, 1.82) is 0 Å². The Balaban J connectivity index is 1.48. The van der Waals surface area contributed by atoms with Gasteiger partial charge in [-0.25, -0.2) is 4.79 Å². The summed E-state index contributed by atoms with van der Waals surface area (Å²) in [5, 5.41) is 5.99. The average molecular weight is 354 g/mol. The van der Waals surface area contributed by atoms with Crippen molar-refractivity contribution in [3.8, 4) is 11.5 Å². The predicted octanol–water partition coefficient (Wildman–Crippen LogP) is 3.84. The van der Waals surface area contributed by atoms with Gasteiger partial charge in [0.25, 0.3) is 0 Å². The predicted molar refractivity (Wildman–Crippen MR) is 102 cm³/mol. The molecule has 0 unspecified atom stereocenters. The lowest BCUT2D eigenvalue weighted by Crippen LogP contribution is -2.41. The second-order valence-corrected chi connectivity index (χ2v) is 6.67. The third kappa shape index (κ3) is 4.91. The van der Waals surface area contributed by atoms with E-state index in [9.17, 15) is 4.79 Å². The number of hydrogen-bond donors (Lipinski definition) is 2. The van der Waals surface area contributed by atoms with E-state index in [2.05, 4.69) is 22.8 Å². The number of hydrogen-bond acceptors (Lipinski definition) is 3. The third-order valence-electron chi connectivity index (χ3n) is 4.50. The van der Waals surface area contributed by atoms with Crippen LogP contribution < -0.4 is 20.1 Å². The smallest absolute Gasteiger partial charge is 0.315 e. The molecule has 138 valence electrons. The molecule has 0 saturated heterocycles. The maximum Gasteiger partial charge on any atom is 0.315 e. The Morgan fingerprint density at radius 3 is 2.50 bits per heavy atom. The highest BCUT2D eigenvalue weighted by Crippen LogP contribution is 2.32. The molecule has 0 spiro atoms. The van der Waals surface area contributed by atoms with Crippen LogP contribution in [0.15, 0.2) is 48.5 Å². The van der Waals surface area contributed by atoms with Gasteiger partial charge >= 0.3 is 6.03 Å². The first-order valence-electron chi connectivity index (χ1n) is 9.12. The number of rotatable bonds is 6. The summed E-state index contributed by atoms with van der Waals surface area (Å²) in [5.41, 5.74) is 2.27. The van der Waals surface area contributed by atoms with E-state index in [4.69, 9.17) is 9.47 Å². The number of aryl methyl sites for hydroxylation is 1. The van der Waals surface area contributed by atoms with Crippen molar-refractivity contribution >= 4 is 6.03 Å². The van der Waals surface area contributed by atoms with Gasteiger partial charge in [-0.05, 0) is 49.9 Å². The molecule has 5 nitrogen and oxygen atoms in total. The summed E-state index contributed by atoms with van der Waals surface area (Å²) < 4.78 is 11.1. The topological polar surface area (TPSA) is 59.6 Å². The van der Waals surface area contributed by atoms with Gasteiger partial charge in [-0.15, -0.1) is 0 Å². The molecule has 1 heterocycles. The van der Waals surface area contributed by atoms with Crippen LogP contribution in [-0.4, -0.2) is 25.3 Å². The molecule has 26 heavy (non-hydrogen) atoms. The zero-order valence-electron chi connectivity index (χ0n) is 15.3. The normalized spacial score (nSPS) is 15.0. The zero-order chi connectivity index (χ0) is 18.4. The molecule has 5 heteroatoms. The van der Waals surface area contributed by atoms with Gasteiger partial charge in [0.05, 0.1) is 6.04 Å². The van der Waals surface area contributed by atoms with Gasteiger partial charge < -0.3 is 20.1 Å². The van der Waals surface area contributed by atoms with E-state index in [0.29, 0.717) is 13.2 Å². The Labute approximate surface area is 154 Å². The van der Waals surface area contributed by atoms with Crippen molar-refractivity contribution < 1.29 is 14.3 Å². The Kier molecular flexibility index (Phi) is 6.00. The van der Waals surface area contributed by atoms with Crippen molar-refractivity contribution in [2.24, 2.45) is 0 Å². The van der Waals surface area contributed by atoms with Crippen LogP contribution in [0.25, 0.3) is 0 Å². The van der Waals surface area contributed by atoms with E-state index < -0.39 is 0 Å². The molecule has 2 aromatic carbocycles. The lowest BCUT2D eigenvalue weighted by atomic mass is 10.1. The van der Waals surface area contributed by atoms with E-state index >= 15 is 0 Å². The molecule has 2 aromatic rings. The van der Waals surface area contributed by atoms with Gasteiger partial charge in [0.1, 0.15) is 13.2 Å². The van der Waals surface area contributed by atoms with E-state index in [1.165, 1.54) is 5.56 Å². The van der Waals surface area contributed by atoms with Gasteiger partial charge in [-0.3, -0.25) is 0 Å². The maximum absolute atomic E-state index is 12.3. The molecule has 0 saturated carbocycles. The fourth-order valence-corrected chi connectivity index (χ4v) is 2.97. The monoisotopic (exact) mass is 354 g/mol. The fraction of sp³-hybridized carbons (Fsp3) is 0.381. The van der Waals surface area contributed by atoms with Crippen LogP contribution in [0, 0.1) is 0 Å². The number of fused-ring (bicyclic) bond motifs is 1. The van der Waals surface area contributed by atoms with Crippen molar-refractivity contribution in [3.05, 3.63) is 59.7 Å². The summed E-state index contributed by atoms with van der Waals surface area (Å²) in [6, 6.07) is 15.9. The summed E-state index contributed by atoms with van der Waals surface area (Å²) in [5.74, 6) is 1.49. The first-order valence-corrected chi connectivity index (χ1v) is 9.12. The summed E-state index contributed by atoms with van der Waals surface area (Å²) >= 11 is 0. The Hall–Kier alpha value is -2.69. The first-order chi connectivity index (χ1) is 12.6. The number of carbonyl (C=O) groups excluding carboxylic acids is 1.